The number of hydrogen-bond acceptors (Lipinski definition) is 3. The van der Waals surface area contributed by atoms with Crippen LogP contribution in [0.15, 0.2) is 0 Å². The highest BCUT2D eigenvalue weighted by molar-refractivity contribution is 4.90. The van der Waals surface area contributed by atoms with Gasteiger partial charge in [0.15, 0.2) is 0 Å². The zero-order valence-electron chi connectivity index (χ0n) is 9.81. The summed E-state index contributed by atoms with van der Waals surface area (Å²) >= 11 is 0. The third-order valence-corrected chi connectivity index (χ3v) is 2.81. The lowest BCUT2D eigenvalue weighted by atomic mass is 10.0. The molecule has 0 aromatic heterocycles. The van der Waals surface area contributed by atoms with Crippen LogP contribution in [-0.4, -0.2) is 50.3 Å². The number of hydrogen-bond donors (Lipinski definition) is 1. The molecule has 14 heavy (non-hydrogen) atoms. The van der Waals surface area contributed by atoms with Crippen molar-refractivity contribution in [3.8, 4) is 0 Å². The molecular weight excluding hydrogens is 176 g/mol. The highest BCUT2D eigenvalue weighted by Gasteiger charge is 2.32. The molecule has 0 aromatic carbocycles. The van der Waals surface area contributed by atoms with E-state index in [1.807, 2.05) is 0 Å². The van der Waals surface area contributed by atoms with Crippen molar-refractivity contribution >= 4 is 0 Å². The quantitative estimate of drug-likeness (QED) is 0.666. The van der Waals surface area contributed by atoms with Crippen LogP contribution in [0.4, 0.5) is 0 Å². The second kappa shape index (κ2) is 5.69. The van der Waals surface area contributed by atoms with Crippen LogP contribution >= 0.6 is 0 Å². The van der Waals surface area contributed by atoms with Gasteiger partial charge in [-0.25, -0.2) is 0 Å². The number of likely N-dealkylation sites (N-methyl/N-ethyl adjacent to an activating group) is 1. The third kappa shape index (κ3) is 3.95. The van der Waals surface area contributed by atoms with Gasteiger partial charge in [-0.2, -0.15) is 0 Å². The molecule has 0 saturated carbocycles. The second-order valence-electron chi connectivity index (χ2n) is 4.56. The highest BCUT2D eigenvalue weighted by atomic mass is 16.5. The second-order valence-corrected chi connectivity index (χ2v) is 4.56. The van der Waals surface area contributed by atoms with E-state index < -0.39 is 0 Å². The molecule has 1 aliphatic heterocycles. The van der Waals surface area contributed by atoms with Crippen LogP contribution < -0.4 is 5.32 Å². The predicted octanol–water partition coefficient (Wildman–Crippen LogP) is 1.10. The van der Waals surface area contributed by atoms with Crippen LogP contribution in [0.2, 0.25) is 0 Å². The smallest absolute Gasteiger partial charge is 0.0902 e. The van der Waals surface area contributed by atoms with Crippen molar-refractivity contribution < 1.29 is 4.74 Å². The Balaban J connectivity index is 1.97. The lowest BCUT2D eigenvalue weighted by molar-refractivity contribution is -0.0709. The average molecular weight is 200 g/mol. The first kappa shape index (κ1) is 12.0. The molecule has 0 aromatic rings. The van der Waals surface area contributed by atoms with E-state index in [0.29, 0.717) is 0 Å². The molecule has 3 nitrogen and oxygen atoms in total. The summed E-state index contributed by atoms with van der Waals surface area (Å²) in [6.07, 6.45) is 2.56. The summed E-state index contributed by atoms with van der Waals surface area (Å²) < 4.78 is 5.81. The summed E-state index contributed by atoms with van der Waals surface area (Å²) in [6.45, 7) is 9.51. The minimum absolute atomic E-state index is 0.117. The standard InChI is InChI=1S/C11H24N2O/c1-4-5-6-13(3)7-8-14-11(2)9-12-10-11/h12H,4-10H2,1-3H3. The summed E-state index contributed by atoms with van der Waals surface area (Å²) in [4.78, 5) is 2.35. The van der Waals surface area contributed by atoms with E-state index in [9.17, 15) is 0 Å². The zero-order valence-corrected chi connectivity index (χ0v) is 9.81. The minimum atomic E-state index is 0.117. The molecule has 1 fully saturated rings. The highest BCUT2D eigenvalue weighted by Crippen LogP contribution is 2.14. The Morgan fingerprint density at radius 1 is 1.36 bits per heavy atom. The molecule has 1 aliphatic rings. The van der Waals surface area contributed by atoms with Gasteiger partial charge in [-0.1, -0.05) is 13.3 Å². The zero-order chi connectivity index (χ0) is 10.4. The lowest BCUT2D eigenvalue weighted by Crippen LogP contribution is -2.59. The van der Waals surface area contributed by atoms with Crippen LogP contribution in [0.5, 0.6) is 0 Å². The molecule has 0 unspecified atom stereocenters. The molecule has 1 N–H and O–H groups in total. The van der Waals surface area contributed by atoms with Gasteiger partial charge in [0.05, 0.1) is 12.2 Å². The monoisotopic (exact) mass is 200 g/mol. The summed E-state index contributed by atoms with van der Waals surface area (Å²) in [6, 6.07) is 0. The molecule has 1 saturated heterocycles. The van der Waals surface area contributed by atoms with E-state index in [-0.39, 0.29) is 5.60 Å². The molecular formula is C11H24N2O. The van der Waals surface area contributed by atoms with Gasteiger partial charge in [0.1, 0.15) is 0 Å². The van der Waals surface area contributed by atoms with Crippen LogP contribution in [0.25, 0.3) is 0 Å². The van der Waals surface area contributed by atoms with Crippen LogP contribution in [0.3, 0.4) is 0 Å². The minimum Gasteiger partial charge on any atom is -0.371 e. The first-order valence-corrected chi connectivity index (χ1v) is 5.69. The molecule has 0 bridgehead atoms. The Hall–Kier alpha value is -0.120. The van der Waals surface area contributed by atoms with Crippen molar-refractivity contribution in [3.63, 3.8) is 0 Å². The summed E-state index contributed by atoms with van der Waals surface area (Å²) in [7, 11) is 2.17. The van der Waals surface area contributed by atoms with Crippen LogP contribution in [0, 0.1) is 0 Å². The summed E-state index contributed by atoms with van der Waals surface area (Å²) in [5.74, 6) is 0. The molecule has 84 valence electrons. The van der Waals surface area contributed by atoms with E-state index in [1.54, 1.807) is 0 Å². The topological polar surface area (TPSA) is 24.5 Å². The fraction of sp³-hybridized carbons (Fsp3) is 1.00. The first-order valence-electron chi connectivity index (χ1n) is 5.69. The van der Waals surface area contributed by atoms with Gasteiger partial charge in [-0.3, -0.25) is 0 Å². The fourth-order valence-corrected chi connectivity index (χ4v) is 1.57. The predicted molar refractivity (Wildman–Crippen MR) is 59.6 cm³/mol. The summed E-state index contributed by atoms with van der Waals surface area (Å²) in [5.41, 5.74) is 0.117. The Morgan fingerprint density at radius 2 is 2.07 bits per heavy atom. The van der Waals surface area contributed by atoms with E-state index in [1.165, 1.54) is 19.4 Å². The molecule has 0 atom stereocenters. The van der Waals surface area contributed by atoms with Gasteiger partial charge in [0.25, 0.3) is 0 Å². The van der Waals surface area contributed by atoms with Crippen molar-refractivity contribution in [2.24, 2.45) is 0 Å². The molecule has 1 rings (SSSR count). The molecule has 0 spiro atoms. The summed E-state index contributed by atoms with van der Waals surface area (Å²) in [5, 5.41) is 3.24. The van der Waals surface area contributed by atoms with Gasteiger partial charge in [-0.05, 0) is 26.9 Å². The average Bonchev–Trinajstić information content (AvgIpc) is 2.12. The molecule has 0 aliphatic carbocycles. The van der Waals surface area contributed by atoms with Crippen molar-refractivity contribution in [2.75, 3.05) is 39.8 Å². The Bertz CT molecular complexity index is 157. The number of nitrogens with zero attached hydrogens (tertiary/aromatic N) is 1. The third-order valence-electron chi connectivity index (χ3n) is 2.81. The van der Waals surface area contributed by atoms with Gasteiger partial charge in [0.2, 0.25) is 0 Å². The molecule has 3 heteroatoms. The molecule has 0 radical (unpaired) electrons. The van der Waals surface area contributed by atoms with Crippen molar-refractivity contribution in [2.45, 2.75) is 32.3 Å². The maximum absolute atomic E-state index is 5.81. The van der Waals surface area contributed by atoms with E-state index in [2.05, 4.69) is 31.1 Å². The Morgan fingerprint density at radius 3 is 2.57 bits per heavy atom. The largest absolute Gasteiger partial charge is 0.371 e. The van der Waals surface area contributed by atoms with Gasteiger partial charge in [0, 0.05) is 19.6 Å². The maximum Gasteiger partial charge on any atom is 0.0902 e. The fourth-order valence-electron chi connectivity index (χ4n) is 1.57. The van der Waals surface area contributed by atoms with Crippen LogP contribution in [0.1, 0.15) is 26.7 Å². The molecule has 0 amide bonds. The lowest BCUT2D eigenvalue weighted by Gasteiger charge is -2.39. The number of nitrogens with one attached hydrogen (secondary N) is 1. The normalized spacial score (nSPS) is 19.7. The van der Waals surface area contributed by atoms with E-state index in [0.717, 1.165) is 26.2 Å². The Labute approximate surface area is 87.8 Å². The van der Waals surface area contributed by atoms with Crippen molar-refractivity contribution in [3.05, 3.63) is 0 Å². The van der Waals surface area contributed by atoms with Crippen LogP contribution in [-0.2, 0) is 4.74 Å². The van der Waals surface area contributed by atoms with Gasteiger partial charge < -0.3 is 15.0 Å². The number of ether oxygens (including phenoxy) is 1. The number of unbranched alkanes of at least 4 members (excludes halogenated alkanes) is 1. The van der Waals surface area contributed by atoms with E-state index in [4.69, 9.17) is 4.74 Å². The number of rotatable bonds is 7. The van der Waals surface area contributed by atoms with Gasteiger partial charge >= 0.3 is 0 Å². The molecule has 1 heterocycles. The Kier molecular flexibility index (Phi) is 4.85. The van der Waals surface area contributed by atoms with Gasteiger partial charge in [-0.15, -0.1) is 0 Å². The first-order chi connectivity index (χ1) is 6.66. The van der Waals surface area contributed by atoms with Crippen molar-refractivity contribution in [1.82, 2.24) is 10.2 Å². The maximum atomic E-state index is 5.81. The van der Waals surface area contributed by atoms with Crippen molar-refractivity contribution in [1.29, 1.82) is 0 Å². The SMILES string of the molecule is CCCCN(C)CCOC1(C)CNC1. The van der Waals surface area contributed by atoms with E-state index >= 15 is 0 Å².